The summed E-state index contributed by atoms with van der Waals surface area (Å²) in [5.74, 6) is -0.392. The van der Waals surface area contributed by atoms with Crippen molar-refractivity contribution in [3.8, 4) is 0 Å². The number of pyridine rings is 1. The number of rotatable bonds is 6. The highest BCUT2D eigenvalue weighted by atomic mass is 32.2. The smallest absolute Gasteiger partial charge is 0.271 e. The molecular weight excluding hydrogens is 376 g/mol. The van der Waals surface area contributed by atoms with Crippen LogP contribution in [0.3, 0.4) is 0 Å². The predicted octanol–water partition coefficient (Wildman–Crippen LogP) is 2.95. The van der Waals surface area contributed by atoms with Gasteiger partial charge in [-0.25, -0.2) is 13.8 Å². The molecule has 0 aliphatic carbocycles. The molecule has 0 spiro atoms. The van der Waals surface area contributed by atoms with Gasteiger partial charge in [0.15, 0.2) is 0 Å². The van der Waals surface area contributed by atoms with Crippen LogP contribution >= 0.6 is 0 Å². The third-order valence-corrected chi connectivity index (χ3v) is 5.23. The van der Waals surface area contributed by atoms with Crippen molar-refractivity contribution < 1.29 is 13.2 Å². The lowest BCUT2D eigenvalue weighted by atomic mass is 10.2. The molecule has 8 heteroatoms. The topological polar surface area (TPSA) is 101 Å². The number of hydrogen-bond acceptors (Lipinski definition) is 5. The van der Waals surface area contributed by atoms with E-state index < -0.39 is 15.9 Å². The van der Waals surface area contributed by atoms with Crippen LogP contribution in [0.2, 0.25) is 0 Å². The molecule has 1 heterocycles. The number of hydrazone groups is 1. The van der Waals surface area contributed by atoms with Crippen LogP contribution in [0.15, 0.2) is 83.1 Å². The summed E-state index contributed by atoms with van der Waals surface area (Å²) in [6.07, 6.45) is 4.40. The van der Waals surface area contributed by atoms with Gasteiger partial charge in [-0.1, -0.05) is 35.9 Å². The van der Waals surface area contributed by atoms with Crippen molar-refractivity contribution >= 4 is 27.8 Å². The number of nitrogens with zero attached hydrogens (tertiary/aromatic N) is 2. The second-order valence-corrected chi connectivity index (χ2v) is 7.62. The number of hydrogen-bond donors (Lipinski definition) is 2. The predicted molar refractivity (Wildman–Crippen MR) is 108 cm³/mol. The zero-order valence-electron chi connectivity index (χ0n) is 15.0. The maximum atomic E-state index is 12.6. The molecule has 0 bridgehead atoms. The molecule has 7 nitrogen and oxygen atoms in total. The van der Waals surface area contributed by atoms with Crippen molar-refractivity contribution in [2.45, 2.75) is 11.8 Å². The zero-order valence-corrected chi connectivity index (χ0v) is 15.8. The number of carbonyl (C=O) groups excluding carboxylic acids is 1. The van der Waals surface area contributed by atoms with Crippen molar-refractivity contribution in [1.29, 1.82) is 0 Å². The van der Waals surface area contributed by atoms with Gasteiger partial charge in [-0.2, -0.15) is 5.10 Å². The van der Waals surface area contributed by atoms with Gasteiger partial charge in [0.25, 0.3) is 15.9 Å². The SMILES string of the molecule is Cc1ccc(S(=O)(=O)Nc2ccccc2/C=N\NC(=O)c2ccncc2)cc1. The number of anilines is 1. The molecular formula is C20H18N4O3S. The highest BCUT2D eigenvalue weighted by Gasteiger charge is 2.15. The lowest BCUT2D eigenvalue weighted by Gasteiger charge is -2.10. The van der Waals surface area contributed by atoms with E-state index in [4.69, 9.17) is 0 Å². The van der Waals surface area contributed by atoms with Crippen LogP contribution in [0.4, 0.5) is 5.69 Å². The van der Waals surface area contributed by atoms with Gasteiger partial charge in [-0.15, -0.1) is 0 Å². The van der Waals surface area contributed by atoms with Gasteiger partial charge in [0.2, 0.25) is 0 Å². The molecule has 3 aromatic rings. The van der Waals surface area contributed by atoms with Crippen molar-refractivity contribution in [1.82, 2.24) is 10.4 Å². The Kier molecular flexibility index (Phi) is 5.81. The van der Waals surface area contributed by atoms with E-state index in [1.54, 1.807) is 60.7 Å². The number of para-hydroxylation sites is 1. The second-order valence-electron chi connectivity index (χ2n) is 5.94. The number of benzene rings is 2. The fraction of sp³-hybridized carbons (Fsp3) is 0.0500. The van der Waals surface area contributed by atoms with E-state index in [2.05, 4.69) is 20.2 Å². The summed E-state index contributed by atoms with van der Waals surface area (Å²) in [6.45, 7) is 1.88. The molecule has 2 N–H and O–H groups in total. The number of amides is 1. The van der Waals surface area contributed by atoms with Crippen LogP contribution in [-0.2, 0) is 10.0 Å². The van der Waals surface area contributed by atoms with Gasteiger partial charge in [0.1, 0.15) is 0 Å². The number of nitrogens with one attached hydrogen (secondary N) is 2. The number of aromatic nitrogens is 1. The van der Waals surface area contributed by atoms with Crippen LogP contribution < -0.4 is 10.1 Å². The van der Waals surface area contributed by atoms with Gasteiger partial charge in [0.05, 0.1) is 16.8 Å². The Morgan fingerprint density at radius 3 is 2.39 bits per heavy atom. The Morgan fingerprint density at radius 2 is 1.68 bits per heavy atom. The first-order chi connectivity index (χ1) is 13.5. The van der Waals surface area contributed by atoms with Crippen molar-refractivity contribution in [2.75, 3.05) is 4.72 Å². The first-order valence-corrected chi connectivity index (χ1v) is 9.86. The minimum absolute atomic E-state index is 0.163. The molecule has 28 heavy (non-hydrogen) atoms. The second kappa shape index (κ2) is 8.45. The highest BCUT2D eigenvalue weighted by Crippen LogP contribution is 2.19. The van der Waals surface area contributed by atoms with E-state index in [1.807, 2.05) is 6.92 Å². The van der Waals surface area contributed by atoms with E-state index in [-0.39, 0.29) is 4.90 Å². The average Bonchev–Trinajstić information content (AvgIpc) is 2.70. The summed E-state index contributed by atoms with van der Waals surface area (Å²) in [5.41, 5.74) is 4.65. The van der Waals surface area contributed by atoms with Crippen LogP contribution in [0.5, 0.6) is 0 Å². The Morgan fingerprint density at radius 1 is 1.00 bits per heavy atom. The monoisotopic (exact) mass is 394 g/mol. The zero-order chi connectivity index (χ0) is 20.0. The largest absolute Gasteiger partial charge is 0.279 e. The lowest BCUT2D eigenvalue weighted by molar-refractivity contribution is 0.0955. The van der Waals surface area contributed by atoms with Crippen molar-refractivity contribution in [2.24, 2.45) is 5.10 Å². The molecule has 0 radical (unpaired) electrons. The summed E-state index contributed by atoms with van der Waals surface area (Å²) in [5, 5.41) is 3.91. The first kappa shape index (κ1) is 19.2. The lowest BCUT2D eigenvalue weighted by Crippen LogP contribution is -2.18. The third kappa shape index (κ3) is 4.80. The summed E-state index contributed by atoms with van der Waals surface area (Å²) >= 11 is 0. The molecule has 1 aromatic heterocycles. The Labute approximate surface area is 163 Å². The molecule has 0 saturated heterocycles. The molecule has 0 saturated carbocycles. The summed E-state index contributed by atoms with van der Waals surface area (Å²) in [4.78, 5) is 16.0. The molecule has 142 valence electrons. The standard InChI is InChI=1S/C20H18N4O3S/c1-15-6-8-18(9-7-15)28(26,27)24-19-5-3-2-4-17(19)14-22-23-20(25)16-10-12-21-13-11-16/h2-14,24H,1H3,(H,23,25)/b22-14-. The minimum atomic E-state index is -3.74. The molecule has 0 fully saturated rings. The third-order valence-electron chi connectivity index (χ3n) is 3.85. The van der Waals surface area contributed by atoms with E-state index in [0.717, 1.165) is 5.56 Å². The number of carbonyl (C=O) groups is 1. The van der Waals surface area contributed by atoms with Gasteiger partial charge in [0, 0.05) is 23.5 Å². The molecule has 0 unspecified atom stereocenters. The van der Waals surface area contributed by atoms with E-state index in [1.165, 1.54) is 18.6 Å². The van der Waals surface area contributed by atoms with E-state index >= 15 is 0 Å². The van der Waals surface area contributed by atoms with Gasteiger partial charge >= 0.3 is 0 Å². The van der Waals surface area contributed by atoms with Crippen molar-refractivity contribution in [3.05, 3.63) is 89.7 Å². The van der Waals surface area contributed by atoms with Crippen molar-refractivity contribution in [3.63, 3.8) is 0 Å². The maximum absolute atomic E-state index is 12.6. The fourth-order valence-corrected chi connectivity index (χ4v) is 3.44. The quantitative estimate of drug-likeness (QED) is 0.496. The van der Waals surface area contributed by atoms with Crippen LogP contribution in [0.1, 0.15) is 21.5 Å². The average molecular weight is 394 g/mol. The Hall–Kier alpha value is -3.52. The molecule has 1 amide bonds. The minimum Gasteiger partial charge on any atom is -0.279 e. The normalized spacial score (nSPS) is 11.3. The summed E-state index contributed by atoms with van der Waals surface area (Å²) in [6, 6.07) is 16.4. The van der Waals surface area contributed by atoms with Gasteiger partial charge in [-0.05, 0) is 37.3 Å². The maximum Gasteiger partial charge on any atom is 0.271 e. The molecule has 0 atom stereocenters. The molecule has 0 aliphatic heterocycles. The fourth-order valence-electron chi connectivity index (χ4n) is 2.35. The van der Waals surface area contributed by atoms with Crippen LogP contribution in [0.25, 0.3) is 0 Å². The summed E-state index contributed by atoms with van der Waals surface area (Å²) < 4.78 is 27.8. The van der Waals surface area contributed by atoms with Gasteiger partial charge in [-0.3, -0.25) is 14.5 Å². The Balaban J connectivity index is 1.76. The first-order valence-electron chi connectivity index (χ1n) is 8.38. The molecule has 2 aromatic carbocycles. The molecule has 0 aliphatic rings. The van der Waals surface area contributed by atoms with Crippen LogP contribution in [-0.4, -0.2) is 25.5 Å². The number of aryl methyl sites for hydroxylation is 1. The van der Waals surface area contributed by atoms with E-state index in [9.17, 15) is 13.2 Å². The highest BCUT2D eigenvalue weighted by molar-refractivity contribution is 7.92. The number of sulfonamides is 1. The van der Waals surface area contributed by atoms with E-state index in [0.29, 0.717) is 16.8 Å². The molecule has 3 rings (SSSR count). The Bertz CT molecular complexity index is 1100. The van der Waals surface area contributed by atoms with Crippen LogP contribution in [0, 0.1) is 6.92 Å². The summed E-state index contributed by atoms with van der Waals surface area (Å²) in [7, 11) is -3.74. The van der Waals surface area contributed by atoms with Gasteiger partial charge < -0.3 is 0 Å².